The fraction of sp³-hybridized carbons (Fsp3) is 0.375. The molecule has 0 radical (unpaired) electrons. The van der Waals surface area contributed by atoms with Crippen molar-refractivity contribution in [3.8, 4) is 10.4 Å². The minimum atomic E-state index is -0.801. The summed E-state index contributed by atoms with van der Waals surface area (Å²) in [5.41, 5.74) is 0.334. The maximum absolute atomic E-state index is 13.8. The van der Waals surface area contributed by atoms with Crippen LogP contribution in [0.15, 0.2) is 30.3 Å². The number of benzene rings is 1. The highest BCUT2D eigenvalue weighted by molar-refractivity contribution is 7.15. The lowest BCUT2D eigenvalue weighted by Gasteiger charge is -2.20. The molecule has 1 nitrogen and oxygen atoms in total. The molecule has 20 heavy (non-hydrogen) atoms. The SMILES string of the molecule is CCNC(c1ccc(-c2cccc(F)c2F)s1)C(C)C. The summed E-state index contributed by atoms with van der Waals surface area (Å²) in [4.78, 5) is 1.92. The van der Waals surface area contributed by atoms with E-state index in [4.69, 9.17) is 0 Å². The Labute approximate surface area is 122 Å². The number of hydrogen-bond donors (Lipinski definition) is 1. The predicted molar refractivity (Wildman–Crippen MR) is 80.9 cm³/mol. The van der Waals surface area contributed by atoms with E-state index in [2.05, 4.69) is 26.1 Å². The van der Waals surface area contributed by atoms with E-state index < -0.39 is 11.6 Å². The van der Waals surface area contributed by atoms with Gasteiger partial charge in [0, 0.05) is 21.4 Å². The van der Waals surface area contributed by atoms with Crippen LogP contribution in [0.25, 0.3) is 10.4 Å². The molecule has 1 N–H and O–H groups in total. The Morgan fingerprint density at radius 2 is 1.90 bits per heavy atom. The van der Waals surface area contributed by atoms with Gasteiger partial charge < -0.3 is 5.32 Å². The zero-order valence-corrected chi connectivity index (χ0v) is 12.7. The van der Waals surface area contributed by atoms with E-state index >= 15 is 0 Å². The van der Waals surface area contributed by atoms with E-state index in [1.54, 1.807) is 6.07 Å². The molecule has 0 saturated heterocycles. The van der Waals surface area contributed by atoms with E-state index in [-0.39, 0.29) is 6.04 Å². The van der Waals surface area contributed by atoms with Crippen molar-refractivity contribution in [2.45, 2.75) is 26.8 Å². The van der Waals surface area contributed by atoms with Crippen molar-refractivity contribution in [3.05, 3.63) is 46.8 Å². The molecule has 0 aliphatic rings. The van der Waals surface area contributed by atoms with Crippen LogP contribution in [0.1, 0.15) is 31.7 Å². The number of rotatable bonds is 5. The third kappa shape index (κ3) is 3.07. The smallest absolute Gasteiger partial charge is 0.167 e. The molecule has 2 rings (SSSR count). The van der Waals surface area contributed by atoms with Crippen molar-refractivity contribution in [2.75, 3.05) is 6.54 Å². The van der Waals surface area contributed by atoms with Crippen LogP contribution in [0.2, 0.25) is 0 Å². The fourth-order valence-electron chi connectivity index (χ4n) is 2.24. The first-order valence-corrected chi connectivity index (χ1v) is 7.63. The second-order valence-corrected chi connectivity index (χ2v) is 6.20. The monoisotopic (exact) mass is 295 g/mol. The van der Waals surface area contributed by atoms with E-state index in [1.165, 1.54) is 17.4 Å². The average Bonchev–Trinajstić information content (AvgIpc) is 2.88. The fourth-order valence-corrected chi connectivity index (χ4v) is 3.52. The summed E-state index contributed by atoms with van der Waals surface area (Å²) in [5.74, 6) is -1.13. The summed E-state index contributed by atoms with van der Waals surface area (Å²) in [6.45, 7) is 7.24. The van der Waals surface area contributed by atoms with Crippen molar-refractivity contribution < 1.29 is 8.78 Å². The molecular weight excluding hydrogens is 276 g/mol. The first kappa shape index (κ1) is 15.1. The zero-order chi connectivity index (χ0) is 14.7. The van der Waals surface area contributed by atoms with E-state index in [0.29, 0.717) is 11.5 Å². The Balaban J connectivity index is 2.35. The molecule has 4 heteroatoms. The molecule has 1 unspecified atom stereocenters. The number of hydrogen-bond acceptors (Lipinski definition) is 2. The van der Waals surface area contributed by atoms with Gasteiger partial charge in [-0.2, -0.15) is 0 Å². The van der Waals surface area contributed by atoms with Crippen LogP contribution in [-0.2, 0) is 0 Å². The van der Waals surface area contributed by atoms with E-state index in [9.17, 15) is 8.78 Å². The first-order chi connectivity index (χ1) is 9.54. The lowest BCUT2D eigenvalue weighted by atomic mass is 10.0. The molecule has 0 amide bonds. The van der Waals surface area contributed by atoms with Crippen LogP contribution < -0.4 is 5.32 Å². The molecule has 1 aromatic carbocycles. The normalized spacial score (nSPS) is 12.9. The van der Waals surface area contributed by atoms with Gasteiger partial charge in [0.2, 0.25) is 0 Å². The van der Waals surface area contributed by atoms with Gasteiger partial charge in [-0.15, -0.1) is 11.3 Å². The molecule has 0 fully saturated rings. The lowest BCUT2D eigenvalue weighted by Crippen LogP contribution is -2.24. The molecule has 1 atom stereocenters. The highest BCUT2D eigenvalue weighted by Crippen LogP contribution is 2.35. The molecule has 1 aromatic heterocycles. The molecular formula is C16H19F2NS. The van der Waals surface area contributed by atoms with Crippen LogP contribution in [0, 0.1) is 17.6 Å². The van der Waals surface area contributed by atoms with Gasteiger partial charge in [-0.25, -0.2) is 8.78 Å². The van der Waals surface area contributed by atoms with Gasteiger partial charge in [0.15, 0.2) is 11.6 Å². The molecule has 108 valence electrons. The largest absolute Gasteiger partial charge is 0.309 e. The maximum Gasteiger partial charge on any atom is 0.167 e. The Bertz CT molecular complexity index is 578. The highest BCUT2D eigenvalue weighted by atomic mass is 32.1. The number of thiophene rings is 1. The van der Waals surface area contributed by atoms with Gasteiger partial charge in [0.25, 0.3) is 0 Å². The van der Waals surface area contributed by atoms with Gasteiger partial charge >= 0.3 is 0 Å². The number of halogens is 2. The minimum Gasteiger partial charge on any atom is -0.309 e. The molecule has 0 aliphatic carbocycles. The Morgan fingerprint density at radius 3 is 2.55 bits per heavy atom. The second kappa shape index (κ2) is 6.46. The van der Waals surface area contributed by atoms with Gasteiger partial charge in [0.05, 0.1) is 0 Å². The second-order valence-electron chi connectivity index (χ2n) is 5.08. The number of nitrogens with one attached hydrogen (secondary N) is 1. The third-order valence-corrected chi connectivity index (χ3v) is 4.44. The van der Waals surface area contributed by atoms with Crippen LogP contribution in [0.3, 0.4) is 0 Å². The molecule has 1 heterocycles. The molecule has 0 aliphatic heterocycles. The Kier molecular flexibility index (Phi) is 4.89. The topological polar surface area (TPSA) is 12.0 Å². The average molecular weight is 295 g/mol. The quantitative estimate of drug-likeness (QED) is 0.818. The molecule has 0 saturated carbocycles. The van der Waals surface area contributed by atoms with Crippen molar-refractivity contribution in [2.24, 2.45) is 5.92 Å². The van der Waals surface area contributed by atoms with Crippen molar-refractivity contribution in [1.82, 2.24) is 5.32 Å². The standard InChI is InChI=1S/C16H19F2NS/c1-4-19-16(10(2)3)14-9-8-13(20-14)11-6-5-7-12(17)15(11)18/h5-10,16,19H,4H2,1-3H3. The zero-order valence-electron chi connectivity index (χ0n) is 11.9. The van der Waals surface area contributed by atoms with E-state index in [0.717, 1.165) is 22.4 Å². The van der Waals surface area contributed by atoms with Crippen LogP contribution >= 0.6 is 11.3 Å². The highest BCUT2D eigenvalue weighted by Gasteiger charge is 2.18. The minimum absolute atomic E-state index is 0.246. The summed E-state index contributed by atoms with van der Waals surface area (Å²) >= 11 is 1.52. The van der Waals surface area contributed by atoms with Gasteiger partial charge in [-0.3, -0.25) is 0 Å². The molecule has 0 bridgehead atoms. The summed E-state index contributed by atoms with van der Waals surface area (Å²) in [6.07, 6.45) is 0. The van der Waals surface area contributed by atoms with E-state index in [1.807, 2.05) is 12.1 Å². The third-order valence-electron chi connectivity index (χ3n) is 3.24. The van der Waals surface area contributed by atoms with Crippen molar-refractivity contribution >= 4 is 11.3 Å². The maximum atomic E-state index is 13.8. The van der Waals surface area contributed by atoms with Gasteiger partial charge in [-0.05, 0) is 30.7 Å². The summed E-state index contributed by atoms with van der Waals surface area (Å²) in [6, 6.07) is 8.41. The molecule has 2 aromatic rings. The van der Waals surface area contributed by atoms with Crippen molar-refractivity contribution in [1.29, 1.82) is 0 Å². The Morgan fingerprint density at radius 1 is 1.15 bits per heavy atom. The van der Waals surface area contributed by atoms with Gasteiger partial charge in [-0.1, -0.05) is 32.9 Å². The summed E-state index contributed by atoms with van der Waals surface area (Å²) in [7, 11) is 0. The molecule has 0 spiro atoms. The van der Waals surface area contributed by atoms with Crippen molar-refractivity contribution in [3.63, 3.8) is 0 Å². The lowest BCUT2D eigenvalue weighted by molar-refractivity contribution is 0.428. The first-order valence-electron chi connectivity index (χ1n) is 6.82. The van der Waals surface area contributed by atoms with Crippen LogP contribution in [0.4, 0.5) is 8.78 Å². The Hall–Kier alpha value is -1.26. The van der Waals surface area contributed by atoms with Crippen LogP contribution in [-0.4, -0.2) is 6.54 Å². The van der Waals surface area contributed by atoms with Crippen LogP contribution in [0.5, 0.6) is 0 Å². The van der Waals surface area contributed by atoms with Gasteiger partial charge in [0.1, 0.15) is 0 Å². The summed E-state index contributed by atoms with van der Waals surface area (Å²) < 4.78 is 27.1. The predicted octanol–water partition coefficient (Wildman–Crippen LogP) is 5.00. The summed E-state index contributed by atoms with van der Waals surface area (Å²) in [5, 5.41) is 3.43.